The van der Waals surface area contributed by atoms with Gasteiger partial charge in [0.1, 0.15) is 21.7 Å². The van der Waals surface area contributed by atoms with Crippen molar-refractivity contribution in [1.29, 1.82) is 0 Å². The number of benzene rings is 2. The van der Waals surface area contributed by atoms with Crippen LogP contribution in [-0.4, -0.2) is 23.8 Å². The molecule has 0 atom stereocenters. The van der Waals surface area contributed by atoms with E-state index in [1.54, 1.807) is 36.4 Å². The van der Waals surface area contributed by atoms with Gasteiger partial charge in [0.05, 0.1) is 18.3 Å². The molecule has 22 heavy (non-hydrogen) atoms. The molecule has 3 rings (SSSR count). The van der Waals surface area contributed by atoms with E-state index in [1.165, 1.54) is 6.07 Å². The Hall–Kier alpha value is -2.19. The third-order valence-electron chi connectivity index (χ3n) is 2.96. The van der Waals surface area contributed by atoms with Crippen molar-refractivity contribution in [1.82, 2.24) is 8.75 Å². The maximum absolute atomic E-state index is 12.5. The SMILES string of the molecule is CCOc1ccc(NS(=O)(=O)c2cccc3nsnc23)cc1. The average Bonchev–Trinajstić information content (AvgIpc) is 2.97. The van der Waals surface area contributed by atoms with Crippen molar-refractivity contribution in [3.63, 3.8) is 0 Å². The average molecular weight is 335 g/mol. The third-order valence-corrected chi connectivity index (χ3v) is 4.91. The van der Waals surface area contributed by atoms with Crippen molar-refractivity contribution in [2.24, 2.45) is 0 Å². The molecule has 1 heterocycles. The number of nitrogens with zero attached hydrogens (tertiary/aromatic N) is 2. The number of fused-ring (bicyclic) bond motifs is 1. The monoisotopic (exact) mass is 335 g/mol. The Morgan fingerprint density at radius 3 is 2.64 bits per heavy atom. The zero-order chi connectivity index (χ0) is 15.6. The molecule has 114 valence electrons. The smallest absolute Gasteiger partial charge is 0.264 e. The predicted molar refractivity (Wildman–Crippen MR) is 85.8 cm³/mol. The molecule has 0 unspecified atom stereocenters. The first-order valence-corrected chi connectivity index (χ1v) is 8.78. The largest absolute Gasteiger partial charge is 0.494 e. The molecule has 0 fully saturated rings. The maximum Gasteiger partial charge on any atom is 0.264 e. The molecule has 0 spiro atoms. The van der Waals surface area contributed by atoms with E-state index in [1.807, 2.05) is 6.92 Å². The Bertz CT molecular complexity index is 889. The van der Waals surface area contributed by atoms with Crippen LogP contribution in [0.15, 0.2) is 47.4 Å². The van der Waals surface area contributed by atoms with Crippen LogP contribution in [0.3, 0.4) is 0 Å². The molecule has 3 aromatic rings. The Balaban J connectivity index is 1.91. The quantitative estimate of drug-likeness (QED) is 0.775. The molecule has 2 aromatic carbocycles. The summed E-state index contributed by atoms with van der Waals surface area (Å²) in [6.07, 6.45) is 0. The topological polar surface area (TPSA) is 81.2 Å². The van der Waals surface area contributed by atoms with E-state index < -0.39 is 10.0 Å². The van der Waals surface area contributed by atoms with Gasteiger partial charge in [-0.1, -0.05) is 6.07 Å². The van der Waals surface area contributed by atoms with Crippen molar-refractivity contribution >= 4 is 38.5 Å². The third kappa shape index (κ3) is 2.88. The van der Waals surface area contributed by atoms with Gasteiger partial charge in [-0.3, -0.25) is 4.72 Å². The van der Waals surface area contributed by atoms with Crippen molar-refractivity contribution in [2.75, 3.05) is 11.3 Å². The first-order valence-electron chi connectivity index (χ1n) is 6.57. The lowest BCUT2D eigenvalue weighted by Gasteiger charge is -2.09. The Labute approximate surface area is 132 Å². The summed E-state index contributed by atoms with van der Waals surface area (Å²) in [5, 5.41) is 0. The van der Waals surface area contributed by atoms with E-state index in [4.69, 9.17) is 4.74 Å². The zero-order valence-electron chi connectivity index (χ0n) is 11.7. The standard InChI is InChI=1S/C14H13N3O3S2/c1-2-20-11-8-6-10(7-9-11)17-22(18,19)13-5-3-4-12-14(13)16-21-15-12/h3-9,17H,2H2,1H3. The first kappa shape index (κ1) is 14.7. The van der Waals surface area contributed by atoms with Gasteiger partial charge in [-0.25, -0.2) is 8.42 Å². The van der Waals surface area contributed by atoms with Crippen LogP contribution in [-0.2, 0) is 10.0 Å². The summed E-state index contributed by atoms with van der Waals surface area (Å²) < 4.78 is 41.0. The molecule has 6 nitrogen and oxygen atoms in total. The second-order valence-corrected chi connectivity index (χ2v) is 6.63. The fourth-order valence-corrected chi connectivity index (χ4v) is 3.82. The molecule has 1 aromatic heterocycles. The number of hydrogen-bond donors (Lipinski definition) is 1. The lowest BCUT2D eigenvalue weighted by atomic mass is 10.3. The highest BCUT2D eigenvalue weighted by Gasteiger charge is 2.19. The van der Waals surface area contributed by atoms with E-state index in [2.05, 4.69) is 13.5 Å². The number of anilines is 1. The van der Waals surface area contributed by atoms with Crippen LogP contribution in [0.2, 0.25) is 0 Å². The van der Waals surface area contributed by atoms with Gasteiger partial charge in [-0.05, 0) is 43.3 Å². The summed E-state index contributed by atoms with van der Waals surface area (Å²) in [4.78, 5) is 0.118. The van der Waals surface area contributed by atoms with Crippen LogP contribution in [0.5, 0.6) is 5.75 Å². The Morgan fingerprint density at radius 1 is 1.14 bits per heavy atom. The van der Waals surface area contributed by atoms with Crippen molar-refractivity contribution in [3.8, 4) is 5.75 Å². The van der Waals surface area contributed by atoms with E-state index in [9.17, 15) is 8.42 Å². The van der Waals surface area contributed by atoms with Gasteiger partial charge >= 0.3 is 0 Å². The van der Waals surface area contributed by atoms with Crippen LogP contribution in [0.1, 0.15) is 6.92 Å². The Kier molecular flexibility index (Phi) is 3.95. The summed E-state index contributed by atoms with van der Waals surface area (Å²) >= 11 is 0.988. The highest BCUT2D eigenvalue weighted by Crippen LogP contribution is 2.24. The summed E-state index contributed by atoms with van der Waals surface area (Å²) in [5.41, 5.74) is 1.41. The van der Waals surface area contributed by atoms with Gasteiger partial charge < -0.3 is 4.74 Å². The number of ether oxygens (including phenoxy) is 1. The molecule has 0 saturated heterocycles. The number of aromatic nitrogens is 2. The normalized spacial score (nSPS) is 11.5. The number of nitrogens with one attached hydrogen (secondary N) is 1. The molecule has 0 saturated carbocycles. The fraction of sp³-hybridized carbons (Fsp3) is 0.143. The summed E-state index contributed by atoms with van der Waals surface area (Å²) in [6, 6.07) is 11.6. The molecule has 8 heteroatoms. The van der Waals surface area contributed by atoms with Crippen LogP contribution < -0.4 is 9.46 Å². The van der Waals surface area contributed by atoms with Crippen LogP contribution in [0, 0.1) is 0 Å². The molecule has 0 aliphatic heterocycles. The van der Waals surface area contributed by atoms with Crippen LogP contribution in [0.25, 0.3) is 11.0 Å². The van der Waals surface area contributed by atoms with Crippen LogP contribution in [0.4, 0.5) is 5.69 Å². The van der Waals surface area contributed by atoms with Gasteiger partial charge in [0.15, 0.2) is 0 Å². The van der Waals surface area contributed by atoms with Crippen molar-refractivity contribution < 1.29 is 13.2 Å². The van der Waals surface area contributed by atoms with Gasteiger partial charge in [0.25, 0.3) is 10.0 Å². The summed E-state index contributed by atoms with van der Waals surface area (Å²) in [6.45, 7) is 2.45. The molecule has 0 radical (unpaired) electrons. The zero-order valence-corrected chi connectivity index (χ0v) is 13.3. The molecular weight excluding hydrogens is 322 g/mol. The van der Waals surface area contributed by atoms with Crippen LogP contribution >= 0.6 is 11.7 Å². The molecule has 0 aliphatic rings. The minimum Gasteiger partial charge on any atom is -0.494 e. The lowest BCUT2D eigenvalue weighted by molar-refractivity contribution is 0.340. The lowest BCUT2D eigenvalue weighted by Crippen LogP contribution is -2.13. The molecule has 0 amide bonds. The van der Waals surface area contributed by atoms with E-state index >= 15 is 0 Å². The Morgan fingerprint density at radius 2 is 1.91 bits per heavy atom. The van der Waals surface area contributed by atoms with Crippen molar-refractivity contribution in [3.05, 3.63) is 42.5 Å². The summed E-state index contributed by atoms with van der Waals surface area (Å²) in [5.74, 6) is 0.691. The number of sulfonamides is 1. The van der Waals surface area contributed by atoms with Gasteiger partial charge in [0.2, 0.25) is 0 Å². The molecule has 0 aliphatic carbocycles. The fourth-order valence-electron chi connectivity index (χ4n) is 1.99. The minimum atomic E-state index is -3.72. The predicted octanol–water partition coefficient (Wildman–Crippen LogP) is 2.89. The van der Waals surface area contributed by atoms with E-state index in [0.29, 0.717) is 29.1 Å². The van der Waals surface area contributed by atoms with Crippen molar-refractivity contribution in [2.45, 2.75) is 11.8 Å². The molecule has 1 N–H and O–H groups in total. The van der Waals surface area contributed by atoms with E-state index in [0.717, 1.165) is 11.7 Å². The van der Waals surface area contributed by atoms with Gasteiger partial charge in [0, 0.05) is 5.69 Å². The van der Waals surface area contributed by atoms with Gasteiger partial charge in [-0.15, -0.1) is 0 Å². The maximum atomic E-state index is 12.5. The molecule has 0 bridgehead atoms. The highest BCUT2D eigenvalue weighted by atomic mass is 32.2. The number of rotatable bonds is 5. The van der Waals surface area contributed by atoms with E-state index in [-0.39, 0.29) is 4.90 Å². The minimum absolute atomic E-state index is 0.118. The number of hydrogen-bond acceptors (Lipinski definition) is 6. The first-order chi connectivity index (χ1) is 10.6. The second kappa shape index (κ2) is 5.90. The van der Waals surface area contributed by atoms with Gasteiger partial charge in [-0.2, -0.15) is 8.75 Å². The molecular formula is C14H13N3O3S2. The highest BCUT2D eigenvalue weighted by molar-refractivity contribution is 7.93. The second-order valence-electron chi connectivity index (χ2n) is 4.45. The summed E-state index contributed by atoms with van der Waals surface area (Å²) in [7, 11) is -3.72.